The van der Waals surface area contributed by atoms with Gasteiger partial charge in [0.05, 0.1) is 13.2 Å². The Bertz CT molecular complexity index is 396. The third-order valence-electron chi connectivity index (χ3n) is 2.49. The number of carbonyl (C=O) groups is 1. The Labute approximate surface area is 114 Å². The highest BCUT2D eigenvalue weighted by Crippen LogP contribution is 2.23. The minimum absolute atomic E-state index is 0.213. The summed E-state index contributed by atoms with van der Waals surface area (Å²) in [5, 5.41) is -0.310. The first-order chi connectivity index (χ1) is 8.49. The first-order valence-corrected chi connectivity index (χ1v) is 6.35. The first-order valence-electron chi connectivity index (χ1n) is 5.97. The molecule has 0 heterocycles. The number of rotatable bonds is 7. The number of hydrogen-bond donors (Lipinski definition) is 0. The number of ether oxygens (including phenoxy) is 1. The molecule has 0 amide bonds. The van der Waals surface area contributed by atoms with Crippen LogP contribution >= 0.6 is 11.6 Å². The minimum atomic E-state index is -0.310. The molecule has 0 N–H and O–H groups in total. The van der Waals surface area contributed by atoms with E-state index in [0.29, 0.717) is 19.6 Å². The molecule has 0 saturated heterocycles. The van der Waals surface area contributed by atoms with Crippen LogP contribution in [-0.4, -0.2) is 11.8 Å². The van der Waals surface area contributed by atoms with Gasteiger partial charge in [-0.05, 0) is 22.6 Å². The molecule has 3 heteroatoms. The van der Waals surface area contributed by atoms with Gasteiger partial charge in [-0.3, -0.25) is 4.79 Å². The van der Waals surface area contributed by atoms with Gasteiger partial charge in [-0.2, -0.15) is 0 Å². The van der Waals surface area contributed by atoms with Crippen LogP contribution in [0.25, 0.3) is 0 Å². The standard InChI is InChI=1S/C15H19ClO2/c1-15(2,11-14(16)17)9-6-10-18-12-13-7-4-3-5-8-13/h3-9H,10-12H2,1-2H3. The van der Waals surface area contributed by atoms with Gasteiger partial charge in [-0.25, -0.2) is 0 Å². The molecule has 0 spiro atoms. The van der Waals surface area contributed by atoms with Crippen molar-refractivity contribution in [2.75, 3.05) is 6.61 Å². The van der Waals surface area contributed by atoms with E-state index in [4.69, 9.17) is 16.3 Å². The van der Waals surface area contributed by atoms with Gasteiger partial charge >= 0.3 is 0 Å². The molecule has 1 aromatic rings. The van der Waals surface area contributed by atoms with Gasteiger partial charge in [-0.15, -0.1) is 0 Å². The fraction of sp³-hybridized carbons (Fsp3) is 0.400. The second-order valence-corrected chi connectivity index (χ2v) is 5.35. The van der Waals surface area contributed by atoms with Gasteiger partial charge in [0.1, 0.15) is 0 Å². The second kappa shape index (κ2) is 7.34. The van der Waals surface area contributed by atoms with Crippen molar-refractivity contribution < 1.29 is 9.53 Å². The Morgan fingerprint density at radius 1 is 1.33 bits per heavy atom. The summed E-state index contributed by atoms with van der Waals surface area (Å²) in [7, 11) is 0. The molecule has 0 unspecified atom stereocenters. The van der Waals surface area contributed by atoms with Crippen LogP contribution in [0.4, 0.5) is 0 Å². The van der Waals surface area contributed by atoms with Crippen molar-refractivity contribution in [1.82, 2.24) is 0 Å². The Morgan fingerprint density at radius 3 is 2.61 bits per heavy atom. The fourth-order valence-electron chi connectivity index (χ4n) is 1.60. The molecule has 0 aliphatic carbocycles. The Hall–Kier alpha value is -1.12. The zero-order valence-corrected chi connectivity index (χ0v) is 11.6. The van der Waals surface area contributed by atoms with E-state index < -0.39 is 0 Å². The van der Waals surface area contributed by atoms with Crippen molar-refractivity contribution >= 4 is 16.8 Å². The van der Waals surface area contributed by atoms with Gasteiger partial charge in [0.15, 0.2) is 0 Å². The van der Waals surface area contributed by atoms with Gasteiger partial charge in [-0.1, -0.05) is 56.3 Å². The maximum Gasteiger partial charge on any atom is 0.222 e. The largest absolute Gasteiger partial charge is 0.373 e. The van der Waals surface area contributed by atoms with Crippen LogP contribution in [0.5, 0.6) is 0 Å². The summed E-state index contributed by atoms with van der Waals surface area (Å²) in [5.74, 6) is 0. The molecule has 0 atom stereocenters. The molecule has 0 aliphatic heterocycles. The van der Waals surface area contributed by atoms with Crippen LogP contribution in [0.1, 0.15) is 25.8 Å². The highest BCUT2D eigenvalue weighted by Gasteiger charge is 2.16. The molecular formula is C15H19ClO2. The van der Waals surface area contributed by atoms with Crippen molar-refractivity contribution in [2.45, 2.75) is 26.9 Å². The van der Waals surface area contributed by atoms with Crippen LogP contribution in [0.15, 0.2) is 42.5 Å². The lowest BCUT2D eigenvalue weighted by molar-refractivity contribution is -0.112. The maximum atomic E-state index is 10.8. The lowest BCUT2D eigenvalue weighted by atomic mass is 9.90. The lowest BCUT2D eigenvalue weighted by Crippen LogP contribution is -2.11. The second-order valence-electron chi connectivity index (χ2n) is 4.92. The molecule has 0 fully saturated rings. The van der Waals surface area contributed by atoms with Crippen LogP contribution in [0.2, 0.25) is 0 Å². The number of hydrogen-bond acceptors (Lipinski definition) is 2. The predicted molar refractivity (Wildman–Crippen MR) is 74.5 cm³/mol. The molecule has 2 nitrogen and oxygen atoms in total. The molecule has 0 bridgehead atoms. The van der Waals surface area contributed by atoms with E-state index in [9.17, 15) is 4.79 Å². The topological polar surface area (TPSA) is 26.3 Å². The van der Waals surface area contributed by atoms with Gasteiger partial charge in [0, 0.05) is 6.42 Å². The summed E-state index contributed by atoms with van der Waals surface area (Å²) in [6.07, 6.45) is 4.24. The van der Waals surface area contributed by atoms with Gasteiger partial charge < -0.3 is 4.74 Å². The number of benzene rings is 1. The third-order valence-corrected chi connectivity index (χ3v) is 2.62. The molecule has 1 rings (SSSR count). The minimum Gasteiger partial charge on any atom is -0.373 e. The van der Waals surface area contributed by atoms with E-state index >= 15 is 0 Å². The highest BCUT2D eigenvalue weighted by molar-refractivity contribution is 6.63. The van der Waals surface area contributed by atoms with E-state index in [1.807, 2.05) is 56.3 Å². The Balaban J connectivity index is 2.27. The molecule has 0 saturated carbocycles. The summed E-state index contributed by atoms with van der Waals surface area (Å²) in [4.78, 5) is 10.8. The van der Waals surface area contributed by atoms with Crippen molar-refractivity contribution in [3.8, 4) is 0 Å². The average molecular weight is 267 g/mol. The monoisotopic (exact) mass is 266 g/mol. The lowest BCUT2D eigenvalue weighted by Gasteiger charge is -2.17. The van der Waals surface area contributed by atoms with Crippen LogP contribution < -0.4 is 0 Å². The van der Waals surface area contributed by atoms with E-state index in [0.717, 1.165) is 5.56 Å². The summed E-state index contributed by atoms with van der Waals surface area (Å²) in [6, 6.07) is 10.0. The van der Waals surface area contributed by atoms with Crippen LogP contribution in [-0.2, 0) is 16.1 Å². The Morgan fingerprint density at radius 2 is 2.00 bits per heavy atom. The summed E-state index contributed by atoms with van der Waals surface area (Å²) < 4.78 is 5.52. The van der Waals surface area contributed by atoms with Crippen molar-refractivity contribution in [3.63, 3.8) is 0 Å². The molecule has 1 aromatic carbocycles. The van der Waals surface area contributed by atoms with Gasteiger partial charge in [0.25, 0.3) is 0 Å². The van der Waals surface area contributed by atoms with E-state index in [1.54, 1.807) is 0 Å². The number of halogens is 1. The quantitative estimate of drug-likeness (QED) is 0.424. The SMILES string of the molecule is CC(C)(C=CCOCc1ccccc1)CC(=O)Cl. The summed E-state index contributed by atoms with van der Waals surface area (Å²) in [6.45, 7) is 5.08. The highest BCUT2D eigenvalue weighted by atomic mass is 35.5. The first kappa shape index (κ1) is 14.9. The number of allylic oxidation sites excluding steroid dienone is 1. The van der Waals surface area contributed by atoms with E-state index in [-0.39, 0.29) is 10.7 Å². The Kier molecular flexibility index (Phi) is 6.10. The summed E-state index contributed by atoms with van der Waals surface area (Å²) >= 11 is 5.38. The van der Waals surface area contributed by atoms with E-state index in [2.05, 4.69) is 0 Å². The zero-order chi connectivity index (χ0) is 13.4. The van der Waals surface area contributed by atoms with Crippen molar-refractivity contribution in [2.24, 2.45) is 5.41 Å². The molecule has 0 aromatic heterocycles. The predicted octanol–water partition coefficient (Wildman–Crippen LogP) is 3.94. The fourth-order valence-corrected chi connectivity index (χ4v) is 1.95. The molecule has 0 aliphatic rings. The molecular weight excluding hydrogens is 248 g/mol. The van der Waals surface area contributed by atoms with Crippen molar-refractivity contribution in [3.05, 3.63) is 48.0 Å². The normalized spacial score (nSPS) is 11.9. The molecule has 0 radical (unpaired) electrons. The van der Waals surface area contributed by atoms with Crippen molar-refractivity contribution in [1.29, 1.82) is 0 Å². The molecule has 98 valence electrons. The van der Waals surface area contributed by atoms with Gasteiger partial charge in [0.2, 0.25) is 5.24 Å². The maximum absolute atomic E-state index is 10.8. The smallest absolute Gasteiger partial charge is 0.222 e. The molecule has 18 heavy (non-hydrogen) atoms. The van der Waals surface area contributed by atoms with Crippen LogP contribution in [0, 0.1) is 5.41 Å². The zero-order valence-electron chi connectivity index (χ0n) is 10.9. The van der Waals surface area contributed by atoms with Crippen LogP contribution in [0.3, 0.4) is 0 Å². The third kappa shape index (κ3) is 6.58. The van der Waals surface area contributed by atoms with E-state index in [1.165, 1.54) is 0 Å². The summed E-state index contributed by atoms with van der Waals surface area (Å²) in [5.41, 5.74) is 0.940. The average Bonchev–Trinajstić information content (AvgIpc) is 2.28. The number of carbonyl (C=O) groups excluding carboxylic acids is 1.